The van der Waals surface area contributed by atoms with Gasteiger partial charge in [-0.15, -0.1) is 0 Å². The van der Waals surface area contributed by atoms with Gasteiger partial charge in [-0.1, -0.05) is 12.8 Å². The Labute approximate surface area is 135 Å². The quantitative estimate of drug-likeness (QED) is 0.790. The Morgan fingerprint density at radius 3 is 2.48 bits per heavy atom. The Morgan fingerprint density at radius 1 is 1.30 bits per heavy atom. The molecule has 1 aliphatic carbocycles. The van der Waals surface area contributed by atoms with E-state index in [9.17, 15) is 17.8 Å². The summed E-state index contributed by atoms with van der Waals surface area (Å²) in [6.45, 7) is 0.116. The lowest BCUT2D eigenvalue weighted by molar-refractivity contribution is -0.151. The fourth-order valence-corrected chi connectivity index (χ4v) is 4.61. The molecular weight excluding hydrogens is 328 g/mol. The average molecular weight is 345 g/mol. The highest BCUT2D eigenvalue weighted by Gasteiger charge is 2.53. The average Bonchev–Trinajstić information content (AvgIpc) is 3.13. The number of benzene rings is 1. The maximum absolute atomic E-state index is 13.4. The summed E-state index contributed by atoms with van der Waals surface area (Å²) in [6, 6.07) is 3.06. The molecule has 0 N–H and O–H groups in total. The van der Waals surface area contributed by atoms with Crippen molar-refractivity contribution in [2.75, 3.05) is 13.7 Å². The fourth-order valence-electron chi connectivity index (χ4n) is 3.34. The van der Waals surface area contributed by atoms with Gasteiger partial charge in [-0.25, -0.2) is 13.0 Å². The predicted octanol–water partition coefficient (Wildman–Crippen LogP) is 2.40. The number of hydrogen-bond donors (Lipinski definition) is 0. The zero-order valence-corrected chi connectivity index (χ0v) is 13.4. The van der Waals surface area contributed by atoms with E-state index < -0.39 is 40.5 Å². The summed E-state index contributed by atoms with van der Waals surface area (Å²) in [5.41, 5.74) is -0.725. The summed E-state index contributed by atoms with van der Waals surface area (Å²) < 4.78 is 50.8. The van der Waals surface area contributed by atoms with E-state index in [0.717, 1.165) is 31.0 Å². The van der Waals surface area contributed by atoms with E-state index in [0.29, 0.717) is 12.8 Å². The fraction of sp³-hybridized carbons (Fsp3) is 0.533. The summed E-state index contributed by atoms with van der Waals surface area (Å²) in [7, 11) is 1.29. The van der Waals surface area contributed by atoms with Crippen LogP contribution in [0.15, 0.2) is 18.2 Å². The van der Waals surface area contributed by atoms with Crippen molar-refractivity contribution in [1.82, 2.24) is 4.31 Å². The van der Waals surface area contributed by atoms with Gasteiger partial charge >= 0.3 is 5.97 Å². The first kappa shape index (κ1) is 16.5. The summed E-state index contributed by atoms with van der Waals surface area (Å²) in [4.78, 5) is 12.2. The molecule has 3 rings (SSSR count). The first-order chi connectivity index (χ1) is 11.0. The minimum atomic E-state index is -1.87. The normalized spacial score (nSPS) is 27.3. The number of rotatable bonds is 3. The number of ether oxygens (including phenoxy) is 1. The van der Waals surface area contributed by atoms with Gasteiger partial charge in [-0.05, 0) is 30.5 Å². The Kier molecular flexibility index (Phi) is 4.48. The topological polar surface area (TPSA) is 55.8 Å². The van der Waals surface area contributed by atoms with Gasteiger partial charge in [0.15, 0.2) is 0 Å². The second-order valence-electron chi connectivity index (χ2n) is 5.80. The molecule has 23 heavy (non-hydrogen) atoms. The van der Waals surface area contributed by atoms with Crippen molar-refractivity contribution in [2.24, 2.45) is 0 Å². The number of carbonyl (C=O) groups is 1. The van der Waals surface area contributed by atoms with E-state index in [1.165, 1.54) is 11.4 Å². The Balaban J connectivity index is 1.88. The standard InChI is InChI=1S/C15H17F2NO4S/c1-21-14(19)15(4-2-3-5-15)18-9-13(22-23(18)20)10-6-11(16)8-12(17)7-10/h6-8,13H,2-5,9H2,1H3. The van der Waals surface area contributed by atoms with Crippen molar-refractivity contribution < 1.29 is 26.7 Å². The molecule has 0 spiro atoms. The van der Waals surface area contributed by atoms with Crippen LogP contribution in [0.2, 0.25) is 0 Å². The molecular formula is C15H17F2NO4S. The lowest BCUT2D eigenvalue weighted by Crippen LogP contribution is -2.52. The molecule has 0 aromatic heterocycles. The number of halogens is 2. The number of carbonyl (C=O) groups excluding carboxylic acids is 1. The van der Waals surface area contributed by atoms with Gasteiger partial charge in [0, 0.05) is 12.6 Å². The van der Waals surface area contributed by atoms with Gasteiger partial charge in [0.2, 0.25) is 11.3 Å². The molecule has 0 amide bonds. The van der Waals surface area contributed by atoms with Crippen molar-refractivity contribution in [3.8, 4) is 0 Å². The molecule has 1 aliphatic heterocycles. The van der Waals surface area contributed by atoms with Crippen LogP contribution in [0.5, 0.6) is 0 Å². The van der Waals surface area contributed by atoms with Crippen LogP contribution in [0.3, 0.4) is 0 Å². The molecule has 2 unspecified atom stereocenters. The van der Waals surface area contributed by atoms with Crippen LogP contribution in [0.25, 0.3) is 0 Å². The van der Waals surface area contributed by atoms with Crippen LogP contribution in [0.1, 0.15) is 37.4 Å². The third-order valence-electron chi connectivity index (χ3n) is 4.44. The van der Waals surface area contributed by atoms with E-state index >= 15 is 0 Å². The number of hydrogen-bond acceptors (Lipinski definition) is 4. The number of esters is 1. The molecule has 2 fully saturated rings. The van der Waals surface area contributed by atoms with E-state index in [4.69, 9.17) is 8.92 Å². The van der Waals surface area contributed by atoms with Gasteiger partial charge in [0.1, 0.15) is 23.3 Å². The number of nitrogens with zero attached hydrogens (tertiary/aromatic N) is 1. The molecule has 5 nitrogen and oxygen atoms in total. The third kappa shape index (κ3) is 2.90. The van der Waals surface area contributed by atoms with Crippen LogP contribution < -0.4 is 0 Å². The van der Waals surface area contributed by atoms with Gasteiger partial charge in [-0.2, -0.15) is 4.31 Å². The van der Waals surface area contributed by atoms with Gasteiger partial charge < -0.3 is 4.74 Å². The molecule has 1 heterocycles. The maximum atomic E-state index is 13.4. The molecule has 1 aromatic rings. The Bertz CT molecular complexity index is 628. The molecule has 2 atom stereocenters. The molecule has 0 bridgehead atoms. The second kappa shape index (κ2) is 6.26. The molecule has 126 valence electrons. The van der Waals surface area contributed by atoms with Crippen molar-refractivity contribution in [3.05, 3.63) is 35.4 Å². The lowest BCUT2D eigenvalue weighted by Gasteiger charge is -2.32. The minimum absolute atomic E-state index is 0.116. The second-order valence-corrected chi connectivity index (χ2v) is 6.86. The van der Waals surface area contributed by atoms with Crippen molar-refractivity contribution in [1.29, 1.82) is 0 Å². The Morgan fingerprint density at radius 2 is 1.91 bits per heavy atom. The smallest absolute Gasteiger partial charge is 0.327 e. The van der Waals surface area contributed by atoms with Gasteiger partial charge in [0.05, 0.1) is 7.11 Å². The first-order valence-corrected chi connectivity index (χ1v) is 8.40. The van der Waals surface area contributed by atoms with Crippen LogP contribution in [-0.2, 0) is 25.0 Å². The third-order valence-corrected chi connectivity index (χ3v) is 5.70. The van der Waals surface area contributed by atoms with Crippen molar-refractivity contribution >= 4 is 17.2 Å². The Hall–Kier alpha value is -1.38. The highest BCUT2D eigenvalue weighted by molar-refractivity contribution is 7.78. The molecule has 1 saturated carbocycles. The summed E-state index contributed by atoms with van der Waals surface area (Å²) in [6.07, 6.45) is 1.94. The van der Waals surface area contributed by atoms with E-state index in [-0.39, 0.29) is 12.1 Å². The zero-order valence-electron chi connectivity index (χ0n) is 12.6. The highest BCUT2D eigenvalue weighted by atomic mass is 32.2. The lowest BCUT2D eigenvalue weighted by atomic mass is 9.96. The molecule has 2 aliphatic rings. The summed E-state index contributed by atoms with van der Waals surface area (Å²) in [5, 5.41) is 0. The zero-order chi connectivity index (χ0) is 16.6. The first-order valence-electron chi connectivity index (χ1n) is 7.37. The molecule has 1 saturated heterocycles. The van der Waals surface area contributed by atoms with Crippen LogP contribution in [-0.4, -0.2) is 33.7 Å². The van der Waals surface area contributed by atoms with Crippen LogP contribution in [0.4, 0.5) is 8.78 Å². The SMILES string of the molecule is COC(=O)C1(N2CC(c3cc(F)cc(F)c3)OS2=O)CCCC1. The predicted molar refractivity (Wildman–Crippen MR) is 78.2 cm³/mol. The van der Waals surface area contributed by atoms with Crippen LogP contribution in [0, 0.1) is 11.6 Å². The van der Waals surface area contributed by atoms with Crippen LogP contribution >= 0.6 is 0 Å². The molecule has 0 radical (unpaired) electrons. The number of methoxy groups -OCH3 is 1. The maximum Gasteiger partial charge on any atom is 0.327 e. The minimum Gasteiger partial charge on any atom is -0.468 e. The van der Waals surface area contributed by atoms with Gasteiger partial charge in [0.25, 0.3) is 0 Å². The summed E-state index contributed by atoms with van der Waals surface area (Å²) in [5.74, 6) is -1.90. The largest absolute Gasteiger partial charge is 0.468 e. The van der Waals surface area contributed by atoms with E-state index in [1.807, 2.05) is 0 Å². The van der Waals surface area contributed by atoms with E-state index in [2.05, 4.69) is 0 Å². The molecule has 8 heteroatoms. The van der Waals surface area contributed by atoms with Crippen molar-refractivity contribution in [2.45, 2.75) is 37.3 Å². The highest BCUT2D eigenvalue weighted by Crippen LogP contribution is 2.42. The van der Waals surface area contributed by atoms with E-state index in [1.54, 1.807) is 0 Å². The monoisotopic (exact) mass is 345 g/mol. The summed E-state index contributed by atoms with van der Waals surface area (Å²) >= 11 is -1.87. The molecule has 1 aromatic carbocycles. The van der Waals surface area contributed by atoms with Crippen molar-refractivity contribution in [3.63, 3.8) is 0 Å². The van der Waals surface area contributed by atoms with Gasteiger partial charge in [-0.3, -0.25) is 8.98 Å².